The van der Waals surface area contributed by atoms with Crippen LogP contribution in [0.15, 0.2) is 24.3 Å². The minimum absolute atomic E-state index is 0.102. The standard InChI is InChI=1S/C13H18N2O4S.C2H6/c1-20(18,19)15-10-4-2-3-9(7-10)11-5-6-14-8-12(11)13(16)17;1-2/h2-4,7,11-12,14-15H,5-6,8H2,1H3,(H,16,17);1-2H3/t11-,12+;/m1./s1. The third-order valence-corrected chi connectivity index (χ3v) is 4.02. The van der Waals surface area contributed by atoms with E-state index in [1.165, 1.54) is 0 Å². The van der Waals surface area contributed by atoms with E-state index in [1.807, 2.05) is 19.9 Å². The summed E-state index contributed by atoms with van der Waals surface area (Å²) in [6.45, 7) is 5.20. The number of carboxylic acids is 1. The van der Waals surface area contributed by atoms with Crippen LogP contribution in [0, 0.1) is 5.92 Å². The first-order chi connectivity index (χ1) is 10.4. The van der Waals surface area contributed by atoms with E-state index in [4.69, 9.17) is 0 Å². The van der Waals surface area contributed by atoms with Crippen molar-refractivity contribution in [1.29, 1.82) is 0 Å². The first-order valence-corrected chi connectivity index (χ1v) is 9.27. The first-order valence-electron chi connectivity index (χ1n) is 7.38. The maximum Gasteiger partial charge on any atom is 0.308 e. The van der Waals surface area contributed by atoms with Crippen LogP contribution in [0.5, 0.6) is 0 Å². The Bertz CT molecular complexity index is 601. The van der Waals surface area contributed by atoms with Crippen molar-refractivity contribution in [3.05, 3.63) is 29.8 Å². The molecule has 6 nitrogen and oxygen atoms in total. The summed E-state index contributed by atoms with van der Waals surface area (Å²) in [6.07, 6.45) is 1.81. The van der Waals surface area contributed by atoms with Gasteiger partial charge in [0.2, 0.25) is 10.0 Å². The molecule has 1 saturated heterocycles. The number of hydrogen-bond acceptors (Lipinski definition) is 4. The van der Waals surface area contributed by atoms with Gasteiger partial charge in [0.1, 0.15) is 0 Å². The number of anilines is 1. The number of piperidine rings is 1. The van der Waals surface area contributed by atoms with Crippen LogP contribution in [0.25, 0.3) is 0 Å². The molecule has 0 bridgehead atoms. The molecule has 124 valence electrons. The van der Waals surface area contributed by atoms with E-state index in [2.05, 4.69) is 10.0 Å². The Balaban J connectivity index is 0.00000116. The van der Waals surface area contributed by atoms with Crippen LogP contribution in [-0.4, -0.2) is 38.8 Å². The van der Waals surface area contributed by atoms with Gasteiger partial charge in [-0.3, -0.25) is 9.52 Å². The summed E-state index contributed by atoms with van der Waals surface area (Å²) in [4.78, 5) is 11.3. The smallest absolute Gasteiger partial charge is 0.308 e. The van der Waals surface area contributed by atoms with Crippen molar-refractivity contribution < 1.29 is 18.3 Å². The molecule has 1 aromatic carbocycles. The second-order valence-electron chi connectivity index (χ2n) is 5.04. The lowest BCUT2D eigenvalue weighted by Gasteiger charge is -2.29. The van der Waals surface area contributed by atoms with Crippen molar-refractivity contribution in [2.75, 3.05) is 24.1 Å². The normalized spacial score (nSPS) is 21.4. The predicted molar refractivity (Wildman–Crippen MR) is 87.6 cm³/mol. The average Bonchev–Trinajstić information content (AvgIpc) is 2.48. The predicted octanol–water partition coefficient (Wildman–Crippen LogP) is 1.86. The Morgan fingerprint density at radius 1 is 1.36 bits per heavy atom. The molecular formula is C15H24N2O4S. The molecule has 1 fully saturated rings. The van der Waals surface area contributed by atoms with Gasteiger partial charge < -0.3 is 10.4 Å². The first kappa shape index (κ1) is 18.4. The van der Waals surface area contributed by atoms with Crippen molar-refractivity contribution in [1.82, 2.24) is 5.32 Å². The minimum Gasteiger partial charge on any atom is -0.481 e. The molecule has 7 heteroatoms. The van der Waals surface area contributed by atoms with Crippen LogP contribution in [0.3, 0.4) is 0 Å². The number of nitrogens with one attached hydrogen (secondary N) is 2. The van der Waals surface area contributed by atoms with Gasteiger partial charge in [-0.15, -0.1) is 0 Å². The second kappa shape index (κ2) is 8.14. The fourth-order valence-electron chi connectivity index (χ4n) is 2.56. The number of sulfonamides is 1. The molecule has 0 unspecified atom stereocenters. The van der Waals surface area contributed by atoms with Gasteiger partial charge in [-0.2, -0.15) is 0 Å². The van der Waals surface area contributed by atoms with Crippen LogP contribution >= 0.6 is 0 Å². The molecule has 1 aliphatic rings. The van der Waals surface area contributed by atoms with Gasteiger partial charge >= 0.3 is 5.97 Å². The highest BCUT2D eigenvalue weighted by Crippen LogP contribution is 2.31. The van der Waals surface area contributed by atoms with Crippen molar-refractivity contribution in [3.63, 3.8) is 0 Å². The molecule has 1 heterocycles. The molecule has 1 aliphatic heterocycles. The topological polar surface area (TPSA) is 95.5 Å². The molecule has 0 amide bonds. The van der Waals surface area contributed by atoms with Crippen molar-refractivity contribution in [2.24, 2.45) is 5.92 Å². The Hall–Kier alpha value is -1.60. The number of carbonyl (C=O) groups is 1. The zero-order chi connectivity index (χ0) is 16.8. The molecule has 0 aliphatic carbocycles. The molecule has 2 atom stereocenters. The largest absolute Gasteiger partial charge is 0.481 e. The van der Waals surface area contributed by atoms with Crippen molar-refractivity contribution >= 4 is 21.7 Å². The highest BCUT2D eigenvalue weighted by Gasteiger charge is 2.31. The van der Waals surface area contributed by atoms with E-state index in [0.29, 0.717) is 12.2 Å². The summed E-state index contributed by atoms with van der Waals surface area (Å²) in [5, 5.41) is 12.4. The third kappa shape index (κ3) is 5.31. The molecule has 0 saturated carbocycles. The van der Waals surface area contributed by atoms with Gasteiger partial charge in [0.15, 0.2) is 0 Å². The number of aliphatic carboxylic acids is 1. The number of carboxylic acid groups (broad SMARTS) is 1. The summed E-state index contributed by atoms with van der Waals surface area (Å²) in [7, 11) is -3.33. The fourth-order valence-corrected chi connectivity index (χ4v) is 3.12. The SMILES string of the molecule is CC.CS(=O)(=O)Nc1cccc([C@H]2CCNC[C@@H]2C(=O)O)c1. The maximum absolute atomic E-state index is 11.3. The van der Waals surface area contributed by atoms with Crippen LogP contribution < -0.4 is 10.0 Å². The zero-order valence-electron chi connectivity index (χ0n) is 13.2. The molecular weight excluding hydrogens is 304 g/mol. The quantitative estimate of drug-likeness (QED) is 0.784. The average molecular weight is 328 g/mol. The lowest BCUT2D eigenvalue weighted by molar-refractivity contribution is -0.142. The number of hydrogen-bond donors (Lipinski definition) is 3. The molecule has 0 radical (unpaired) electrons. The highest BCUT2D eigenvalue weighted by atomic mass is 32.2. The Morgan fingerprint density at radius 3 is 2.64 bits per heavy atom. The van der Waals surface area contributed by atoms with E-state index in [1.54, 1.807) is 18.2 Å². The van der Waals surface area contributed by atoms with E-state index < -0.39 is 21.9 Å². The summed E-state index contributed by atoms with van der Waals surface area (Å²) in [5.41, 5.74) is 1.32. The number of rotatable bonds is 4. The molecule has 1 aromatic rings. The van der Waals surface area contributed by atoms with Gasteiger partial charge in [-0.05, 0) is 36.6 Å². The van der Waals surface area contributed by atoms with Crippen LogP contribution in [-0.2, 0) is 14.8 Å². The molecule has 3 N–H and O–H groups in total. The van der Waals surface area contributed by atoms with Gasteiger partial charge in [-0.25, -0.2) is 8.42 Å². The van der Waals surface area contributed by atoms with Crippen LogP contribution in [0.2, 0.25) is 0 Å². The van der Waals surface area contributed by atoms with E-state index >= 15 is 0 Å². The van der Waals surface area contributed by atoms with Gasteiger partial charge in [0, 0.05) is 12.2 Å². The maximum atomic E-state index is 11.3. The number of benzene rings is 1. The highest BCUT2D eigenvalue weighted by molar-refractivity contribution is 7.92. The lowest BCUT2D eigenvalue weighted by atomic mass is 9.81. The summed E-state index contributed by atoms with van der Waals surface area (Å²) < 4.78 is 24.9. The van der Waals surface area contributed by atoms with E-state index in [9.17, 15) is 18.3 Å². The minimum atomic E-state index is -3.33. The Kier molecular flexibility index (Phi) is 6.83. The third-order valence-electron chi connectivity index (χ3n) is 3.42. The van der Waals surface area contributed by atoms with E-state index in [0.717, 1.165) is 24.8 Å². The van der Waals surface area contributed by atoms with Crippen LogP contribution in [0.1, 0.15) is 31.7 Å². The molecule has 0 spiro atoms. The zero-order valence-corrected chi connectivity index (χ0v) is 14.0. The van der Waals surface area contributed by atoms with Crippen molar-refractivity contribution in [3.8, 4) is 0 Å². The molecule has 2 rings (SSSR count). The molecule has 22 heavy (non-hydrogen) atoms. The van der Waals surface area contributed by atoms with Gasteiger partial charge in [0.05, 0.1) is 12.2 Å². The van der Waals surface area contributed by atoms with E-state index in [-0.39, 0.29) is 5.92 Å². The summed E-state index contributed by atoms with van der Waals surface area (Å²) >= 11 is 0. The summed E-state index contributed by atoms with van der Waals surface area (Å²) in [6, 6.07) is 6.96. The van der Waals surface area contributed by atoms with Gasteiger partial charge in [0.25, 0.3) is 0 Å². The van der Waals surface area contributed by atoms with Crippen LogP contribution in [0.4, 0.5) is 5.69 Å². The Labute approximate surface area is 132 Å². The second-order valence-corrected chi connectivity index (χ2v) is 6.79. The van der Waals surface area contributed by atoms with Gasteiger partial charge in [-0.1, -0.05) is 26.0 Å². The fraction of sp³-hybridized carbons (Fsp3) is 0.533. The summed E-state index contributed by atoms with van der Waals surface area (Å²) in [5.74, 6) is -1.42. The van der Waals surface area contributed by atoms with Crippen molar-refractivity contribution in [2.45, 2.75) is 26.2 Å². The Morgan fingerprint density at radius 2 is 2.05 bits per heavy atom. The molecule has 0 aromatic heterocycles. The monoisotopic (exact) mass is 328 g/mol. The lowest BCUT2D eigenvalue weighted by Crippen LogP contribution is -2.39.